The van der Waals surface area contributed by atoms with Crippen molar-refractivity contribution in [1.29, 1.82) is 0 Å². The Balaban J connectivity index is 0.00000225. The van der Waals surface area contributed by atoms with E-state index in [0.717, 1.165) is 16.7 Å². The minimum atomic E-state index is -1.01. The molecule has 0 spiro atoms. The van der Waals surface area contributed by atoms with Crippen molar-refractivity contribution in [3.8, 4) is 5.75 Å². The number of phenols is 1. The van der Waals surface area contributed by atoms with Gasteiger partial charge in [-0.3, -0.25) is 4.79 Å². The van der Waals surface area contributed by atoms with Crippen LogP contribution in [0.2, 0.25) is 0 Å². The summed E-state index contributed by atoms with van der Waals surface area (Å²) in [5.74, 6) is -0.820. The van der Waals surface area contributed by atoms with Crippen LogP contribution in [0.1, 0.15) is 16.7 Å². The number of aromatic hydroxyl groups is 1. The molecule has 90 valence electrons. The average Bonchev–Trinajstić information content (AvgIpc) is 2.10. The van der Waals surface area contributed by atoms with Gasteiger partial charge in [0.05, 0.1) is 0 Å². The second-order valence-corrected chi connectivity index (χ2v) is 3.71. The zero-order chi connectivity index (χ0) is 11.6. The number of hydrogen-bond donors (Lipinski definition) is 3. The van der Waals surface area contributed by atoms with Crippen LogP contribution in [0.3, 0.4) is 0 Å². The minimum Gasteiger partial charge on any atom is -0.508 e. The molecule has 1 aromatic rings. The predicted octanol–water partition coefficient (Wildman–Crippen LogP) is 1.54. The topological polar surface area (TPSA) is 83.5 Å². The number of carbonyl (C=O) groups is 1. The van der Waals surface area contributed by atoms with Gasteiger partial charge in [-0.05, 0) is 49.1 Å². The number of rotatable bonds is 3. The van der Waals surface area contributed by atoms with E-state index in [9.17, 15) is 9.90 Å². The van der Waals surface area contributed by atoms with E-state index in [-0.39, 0.29) is 29.2 Å². The molecule has 0 aliphatic rings. The molecule has 0 radical (unpaired) electrons. The molecule has 1 aromatic carbocycles. The molecule has 1 rings (SSSR count). The van der Waals surface area contributed by atoms with E-state index in [1.54, 1.807) is 12.1 Å². The summed E-state index contributed by atoms with van der Waals surface area (Å²) in [6.45, 7) is 3.66. The highest BCUT2D eigenvalue weighted by Gasteiger charge is 2.15. The fourth-order valence-electron chi connectivity index (χ4n) is 1.60. The van der Waals surface area contributed by atoms with Crippen LogP contribution in [0.25, 0.3) is 0 Å². The molecule has 16 heavy (non-hydrogen) atoms. The van der Waals surface area contributed by atoms with Crippen molar-refractivity contribution in [3.05, 3.63) is 28.8 Å². The summed E-state index contributed by atoms with van der Waals surface area (Å²) in [4.78, 5) is 10.6. The van der Waals surface area contributed by atoms with Gasteiger partial charge in [0.1, 0.15) is 11.8 Å². The first kappa shape index (κ1) is 14.9. The van der Waals surface area contributed by atoms with Crippen LogP contribution in [0.15, 0.2) is 12.1 Å². The van der Waals surface area contributed by atoms with Gasteiger partial charge >= 0.3 is 5.97 Å². The van der Waals surface area contributed by atoms with Crippen LogP contribution in [0.4, 0.5) is 0 Å². The zero-order valence-corrected chi connectivity index (χ0v) is 10.9. The number of nitrogens with two attached hydrogens (primary N) is 1. The van der Waals surface area contributed by atoms with E-state index < -0.39 is 12.0 Å². The first-order valence-electron chi connectivity index (χ1n) is 4.69. The maximum Gasteiger partial charge on any atom is 0.320 e. The summed E-state index contributed by atoms with van der Waals surface area (Å²) >= 11 is 0. The second-order valence-electron chi connectivity index (χ2n) is 3.71. The Morgan fingerprint density at radius 1 is 1.38 bits per heavy atom. The number of carboxylic acids is 1. The highest BCUT2D eigenvalue weighted by Crippen LogP contribution is 2.21. The number of aryl methyl sites for hydroxylation is 2. The third-order valence-electron chi connectivity index (χ3n) is 2.42. The average molecular weight is 290 g/mol. The normalized spacial score (nSPS) is 11.7. The Bertz CT molecular complexity index is 370. The first-order valence-corrected chi connectivity index (χ1v) is 4.69. The maximum absolute atomic E-state index is 10.6. The third-order valence-corrected chi connectivity index (χ3v) is 2.42. The molecule has 0 aliphatic heterocycles. The molecule has 5 heteroatoms. The van der Waals surface area contributed by atoms with Crippen molar-refractivity contribution in [2.24, 2.45) is 5.73 Å². The van der Waals surface area contributed by atoms with Crippen LogP contribution in [0, 0.1) is 13.8 Å². The Kier molecular flexibility index (Phi) is 5.47. The molecule has 0 aromatic heterocycles. The molecular weight excluding hydrogens is 274 g/mol. The van der Waals surface area contributed by atoms with Gasteiger partial charge in [0.2, 0.25) is 0 Å². The molecule has 0 saturated carbocycles. The van der Waals surface area contributed by atoms with Crippen molar-refractivity contribution < 1.29 is 15.0 Å². The van der Waals surface area contributed by atoms with E-state index in [0.29, 0.717) is 0 Å². The number of carboxylic acid groups (broad SMARTS) is 1. The van der Waals surface area contributed by atoms with Crippen LogP contribution in [0.5, 0.6) is 5.75 Å². The Morgan fingerprint density at radius 2 is 1.81 bits per heavy atom. The van der Waals surface area contributed by atoms with Gasteiger partial charge in [-0.15, -0.1) is 17.0 Å². The van der Waals surface area contributed by atoms with Gasteiger partial charge in [-0.25, -0.2) is 0 Å². The number of phenolic OH excluding ortho intramolecular Hbond substituents is 1. The lowest BCUT2D eigenvalue weighted by Gasteiger charge is -2.12. The summed E-state index contributed by atoms with van der Waals surface area (Å²) in [5.41, 5.74) is 8.08. The maximum atomic E-state index is 10.6. The van der Waals surface area contributed by atoms with Gasteiger partial charge in [0.25, 0.3) is 0 Å². The number of benzene rings is 1. The van der Waals surface area contributed by atoms with Gasteiger partial charge in [-0.1, -0.05) is 0 Å². The highest BCUT2D eigenvalue weighted by molar-refractivity contribution is 8.93. The van der Waals surface area contributed by atoms with Crippen molar-refractivity contribution in [3.63, 3.8) is 0 Å². The minimum absolute atomic E-state index is 0. The standard InChI is InChI=1S/C11H15NO3.BrH/c1-6-3-8(13)4-7(2)9(6)5-10(12)11(14)15;/h3-4,10,13H,5,12H2,1-2H3,(H,14,15);1H. The number of hydrogen-bond acceptors (Lipinski definition) is 3. The molecule has 0 saturated heterocycles. The molecular formula is C11H16BrNO3. The van der Waals surface area contributed by atoms with E-state index in [4.69, 9.17) is 10.8 Å². The molecule has 0 bridgehead atoms. The molecule has 0 heterocycles. The Morgan fingerprint density at radius 3 is 2.19 bits per heavy atom. The monoisotopic (exact) mass is 289 g/mol. The lowest BCUT2D eigenvalue weighted by atomic mass is 9.96. The molecule has 1 unspecified atom stereocenters. The Labute approximate surface area is 105 Å². The zero-order valence-electron chi connectivity index (χ0n) is 9.23. The van der Waals surface area contributed by atoms with Gasteiger partial charge in [-0.2, -0.15) is 0 Å². The van der Waals surface area contributed by atoms with Gasteiger partial charge in [0, 0.05) is 0 Å². The largest absolute Gasteiger partial charge is 0.508 e. The summed E-state index contributed by atoms with van der Waals surface area (Å²) < 4.78 is 0. The smallest absolute Gasteiger partial charge is 0.320 e. The van der Waals surface area contributed by atoms with Crippen molar-refractivity contribution in [2.45, 2.75) is 26.3 Å². The molecule has 0 aliphatic carbocycles. The molecule has 0 amide bonds. The predicted molar refractivity (Wildman–Crippen MR) is 67.2 cm³/mol. The van der Waals surface area contributed by atoms with E-state index in [1.165, 1.54) is 0 Å². The summed E-state index contributed by atoms with van der Waals surface area (Å²) in [7, 11) is 0. The summed E-state index contributed by atoms with van der Waals surface area (Å²) in [5, 5.41) is 18.0. The second kappa shape index (κ2) is 5.86. The van der Waals surface area contributed by atoms with E-state index in [1.807, 2.05) is 13.8 Å². The quantitative estimate of drug-likeness (QED) is 0.788. The fraction of sp³-hybridized carbons (Fsp3) is 0.364. The van der Waals surface area contributed by atoms with Crippen molar-refractivity contribution >= 4 is 23.0 Å². The Hall–Kier alpha value is -1.07. The third kappa shape index (κ3) is 3.50. The van der Waals surface area contributed by atoms with Crippen LogP contribution >= 0.6 is 17.0 Å². The van der Waals surface area contributed by atoms with Crippen LogP contribution < -0.4 is 5.73 Å². The van der Waals surface area contributed by atoms with Crippen molar-refractivity contribution in [1.82, 2.24) is 0 Å². The molecule has 1 atom stereocenters. The molecule has 0 fully saturated rings. The molecule has 4 N–H and O–H groups in total. The van der Waals surface area contributed by atoms with Gasteiger partial charge < -0.3 is 15.9 Å². The lowest BCUT2D eigenvalue weighted by molar-refractivity contribution is -0.138. The number of aliphatic carboxylic acids is 1. The highest BCUT2D eigenvalue weighted by atomic mass is 79.9. The number of halogens is 1. The lowest BCUT2D eigenvalue weighted by Crippen LogP contribution is -2.32. The first-order chi connectivity index (χ1) is 6.91. The van der Waals surface area contributed by atoms with E-state index >= 15 is 0 Å². The SMILES string of the molecule is Br.Cc1cc(O)cc(C)c1CC(N)C(=O)O. The molecule has 4 nitrogen and oxygen atoms in total. The summed E-state index contributed by atoms with van der Waals surface area (Å²) in [6.07, 6.45) is 0.285. The van der Waals surface area contributed by atoms with Crippen LogP contribution in [-0.4, -0.2) is 22.2 Å². The van der Waals surface area contributed by atoms with Crippen molar-refractivity contribution in [2.75, 3.05) is 0 Å². The van der Waals surface area contributed by atoms with Gasteiger partial charge in [0.15, 0.2) is 0 Å². The van der Waals surface area contributed by atoms with Crippen LogP contribution in [-0.2, 0) is 11.2 Å². The fourth-order valence-corrected chi connectivity index (χ4v) is 1.60. The summed E-state index contributed by atoms with van der Waals surface area (Å²) in [6, 6.07) is 2.32. The van der Waals surface area contributed by atoms with E-state index in [2.05, 4.69) is 0 Å².